The molecule has 0 spiro atoms. The molecule has 2 aromatic carbocycles. The molecule has 0 aliphatic rings. The summed E-state index contributed by atoms with van der Waals surface area (Å²) in [5, 5.41) is 3.97. The van der Waals surface area contributed by atoms with E-state index in [1.54, 1.807) is 14.2 Å². The number of anilines is 1. The molecule has 0 heterocycles. The molecule has 0 radical (unpaired) electrons. The fourth-order valence-corrected chi connectivity index (χ4v) is 1.82. The van der Waals surface area contributed by atoms with Crippen LogP contribution in [0.3, 0.4) is 0 Å². The molecular weight excluding hydrogens is 260 g/mol. The molecule has 0 fully saturated rings. The van der Waals surface area contributed by atoms with Crippen molar-refractivity contribution in [3.8, 4) is 5.75 Å². The van der Waals surface area contributed by atoms with E-state index >= 15 is 0 Å². The number of amidine groups is 1. The molecule has 0 aliphatic heterocycles. The molecule has 2 aromatic rings. The number of hydrogen-bond acceptors (Lipinski definition) is 2. The lowest BCUT2D eigenvalue weighted by atomic mass is 10.2. The van der Waals surface area contributed by atoms with Gasteiger partial charge in [0.05, 0.1) is 7.11 Å². The summed E-state index contributed by atoms with van der Waals surface area (Å²) in [5.74, 6) is 1.58. The second kappa shape index (κ2) is 6.25. The van der Waals surface area contributed by atoms with E-state index < -0.39 is 0 Å². The lowest BCUT2D eigenvalue weighted by molar-refractivity contribution is 0.414. The van der Waals surface area contributed by atoms with Gasteiger partial charge in [-0.15, -0.1) is 0 Å². The first kappa shape index (κ1) is 13.4. The van der Waals surface area contributed by atoms with Gasteiger partial charge in [-0.1, -0.05) is 23.7 Å². The minimum absolute atomic E-state index is 0.710. The van der Waals surface area contributed by atoms with Crippen molar-refractivity contribution in [2.75, 3.05) is 19.5 Å². The van der Waals surface area contributed by atoms with Gasteiger partial charge in [-0.25, -0.2) is 0 Å². The van der Waals surface area contributed by atoms with Crippen LogP contribution in [-0.4, -0.2) is 20.0 Å². The first-order chi connectivity index (χ1) is 9.22. The van der Waals surface area contributed by atoms with Gasteiger partial charge in [0.25, 0.3) is 0 Å². The van der Waals surface area contributed by atoms with Gasteiger partial charge >= 0.3 is 0 Å². The number of benzene rings is 2. The molecule has 2 rings (SSSR count). The number of aliphatic imine (C=N–C) groups is 1. The van der Waals surface area contributed by atoms with Crippen LogP contribution in [0.1, 0.15) is 5.56 Å². The normalized spacial score (nSPS) is 11.2. The maximum Gasteiger partial charge on any atom is 0.132 e. The first-order valence-corrected chi connectivity index (χ1v) is 6.24. The smallest absolute Gasteiger partial charge is 0.132 e. The van der Waals surface area contributed by atoms with Crippen molar-refractivity contribution < 1.29 is 4.74 Å². The SMILES string of the molecule is CN=C(Nc1ccc(Cl)cc1)c1cccc(OC)c1. The molecule has 0 aromatic heterocycles. The van der Waals surface area contributed by atoms with E-state index in [-0.39, 0.29) is 0 Å². The fraction of sp³-hybridized carbons (Fsp3) is 0.133. The molecule has 1 N–H and O–H groups in total. The van der Waals surface area contributed by atoms with Crippen LogP contribution in [0.25, 0.3) is 0 Å². The number of nitrogens with one attached hydrogen (secondary N) is 1. The Kier molecular flexibility index (Phi) is 4.42. The third-order valence-electron chi connectivity index (χ3n) is 2.67. The van der Waals surface area contributed by atoms with Crippen LogP contribution in [0.15, 0.2) is 53.5 Å². The van der Waals surface area contributed by atoms with Crippen LogP contribution in [0.5, 0.6) is 5.75 Å². The Balaban J connectivity index is 2.23. The van der Waals surface area contributed by atoms with Crippen LogP contribution in [0, 0.1) is 0 Å². The Morgan fingerprint density at radius 1 is 1.16 bits per heavy atom. The predicted molar refractivity (Wildman–Crippen MR) is 80.5 cm³/mol. The summed E-state index contributed by atoms with van der Waals surface area (Å²) < 4.78 is 5.22. The summed E-state index contributed by atoms with van der Waals surface area (Å²) in [4.78, 5) is 4.27. The molecule has 0 amide bonds. The highest BCUT2D eigenvalue weighted by Gasteiger charge is 2.04. The quantitative estimate of drug-likeness (QED) is 0.682. The van der Waals surface area contributed by atoms with Crippen LogP contribution >= 0.6 is 11.6 Å². The summed E-state index contributed by atoms with van der Waals surface area (Å²) >= 11 is 5.86. The highest BCUT2D eigenvalue weighted by Crippen LogP contribution is 2.17. The van der Waals surface area contributed by atoms with E-state index in [0.717, 1.165) is 22.8 Å². The monoisotopic (exact) mass is 274 g/mol. The number of hydrogen-bond donors (Lipinski definition) is 1. The van der Waals surface area contributed by atoms with E-state index in [0.29, 0.717) is 5.02 Å². The zero-order valence-electron chi connectivity index (χ0n) is 10.9. The van der Waals surface area contributed by atoms with E-state index in [1.807, 2.05) is 48.5 Å². The third-order valence-corrected chi connectivity index (χ3v) is 2.93. The summed E-state index contributed by atoms with van der Waals surface area (Å²) in [5.41, 5.74) is 1.91. The Morgan fingerprint density at radius 2 is 1.89 bits per heavy atom. The number of methoxy groups -OCH3 is 1. The summed E-state index contributed by atoms with van der Waals surface area (Å²) in [6.07, 6.45) is 0. The highest BCUT2D eigenvalue weighted by molar-refractivity contribution is 6.30. The second-order valence-electron chi connectivity index (χ2n) is 3.94. The molecular formula is C15H15ClN2O. The molecule has 3 nitrogen and oxygen atoms in total. The average molecular weight is 275 g/mol. The van der Waals surface area contributed by atoms with Gasteiger partial charge in [0, 0.05) is 23.3 Å². The maximum atomic E-state index is 5.86. The molecule has 98 valence electrons. The molecule has 19 heavy (non-hydrogen) atoms. The van der Waals surface area contributed by atoms with Crippen molar-refractivity contribution >= 4 is 23.1 Å². The van der Waals surface area contributed by atoms with Crippen molar-refractivity contribution in [1.29, 1.82) is 0 Å². The van der Waals surface area contributed by atoms with E-state index in [9.17, 15) is 0 Å². The largest absolute Gasteiger partial charge is 0.497 e. The fourth-order valence-electron chi connectivity index (χ4n) is 1.70. The number of rotatable bonds is 3. The van der Waals surface area contributed by atoms with Crippen LogP contribution in [0.4, 0.5) is 5.69 Å². The van der Waals surface area contributed by atoms with Gasteiger partial charge in [0.1, 0.15) is 11.6 Å². The molecule has 4 heteroatoms. The van der Waals surface area contributed by atoms with E-state index in [1.165, 1.54) is 0 Å². The minimum Gasteiger partial charge on any atom is -0.497 e. The van der Waals surface area contributed by atoms with Crippen LogP contribution in [-0.2, 0) is 0 Å². The van der Waals surface area contributed by atoms with Crippen LogP contribution < -0.4 is 10.1 Å². The standard InChI is InChI=1S/C15H15ClN2O/c1-17-15(11-4-3-5-14(10-11)19-2)18-13-8-6-12(16)7-9-13/h3-10H,1-2H3,(H,17,18). The van der Waals surface area contributed by atoms with Gasteiger partial charge in [-0.3, -0.25) is 4.99 Å². The predicted octanol–water partition coefficient (Wildman–Crippen LogP) is 3.84. The zero-order valence-corrected chi connectivity index (χ0v) is 11.6. The van der Waals surface area contributed by atoms with E-state index in [4.69, 9.17) is 16.3 Å². The van der Waals surface area contributed by atoms with Crippen LogP contribution in [0.2, 0.25) is 5.02 Å². The lowest BCUT2D eigenvalue weighted by Crippen LogP contribution is -2.13. The highest BCUT2D eigenvalue weighted by atomic mass is 35.5. The zero-order chi connectivity index (χ0) is 13.7. The van der Waals surface area contributed by atoms with Crippen molar-refractivity contribution in [3.05, 3.63) is 59.1 Å². The maximum absolute atomic E-state index is 5.86. The lowest BCUT2D eigenvalue weighted by Gasteiger charge is -2.10. The van der Waals surface area contributed by atoms with Crippen molar-refractivity contribution in [3.63, 3.8) is 0 Å². The van der Waals surface area contributed by atoms with Crippen molar-refractivity contribution in [2.45, 2.75) is 0 Å². The van der Waals surface area contributed by atoms with Gasteiger partial charge in [-0.05, 0) is 36.4 Å². The Morgan fingerprint density at radius 3 is 2.53 bits per heavy atom. The number of halogens is 1. The Hall–Kier alpha value is -2.00. The topological polar surface area (TPSA) is 33.6 Å². The first-order valence-electron chi connectivity index (χ1n) is 5.86. The number of ether oxygens (including phenoxy) is 1. The third kappa shape index (κ3) is 3.48. The Labute approximate surface area is 117 Å². The molecule has 0 saturated heterocycles. The molecule has 0 atom stereocenters. The second-order valence-corrected chi connectivity index (χ2v) is 4.37. The summed E-state index contributed by atoms with van der Waals surface area (Å²) in [7, 11) is 3.40. The van der Waals surface area contributed by atoms with Gasteiger partial charge in [0.15, 0.2) is 0 Å². The summed E-state index contributed by atoms with van der Waals surface area (Å²) in [6.45, 7) is 0. The number of nitrogens with zero attached hydrogens (tertiary/aromatic N) is 1. The minimum atomic E-state index is 0.710. The van der Waals surface area contributed by atoms with Gasteiger partial charge in [-0.2, -0.15) is 0 Å². The molecule has 0 unspecified atom stereocenters. The Bertz CT molecular complexity index is 579. The average Bonchev–Trinajstić information content (AvgIpc) is 2.46. The van der Waals surface area contributed by atoms with E-state index in [2.05, 4.69) is 10.3 Å². The van der Waals surface area contributed by atoms with Gasteiger partial charge in [0.2, 0.25) is 0 Å². The molecule has 0 aliphatic carbocycles. The molecule has 0 bridgehead atoms. The van der Waals surface area contributed by atoms with Gasteiger partial charge < -0.3 is 10.1 Å². The van der Waals surface area contributed by atoms with Crippen molar-refractivity contribution in [2.24, 2.45) is 4.99 Å². The summed E-state index contributed by atoms with van der Waals surface area (Å²) in [6, 6.07) is 15.2. The molecule has 0 saturated carbocycles. The van der Waals surface area contributed by atoms with Crippen molar-refractivity contribution in [1.82, 2.24) is 0 Å².